The van der Waals surface area contributed by atoms with E-state index in [2.05, 4.69) is 10.1 Å². The number of hydrogen-bond acceptors (Lipinski definition) is 6. The number of carbonyl (C=O) groups excluding carboxylic acids is 1. The van der Waals surface area contributed by atoms with Crippen LogP contribution in [-0.4, -0.2) is 48.7 Å². The van der Waals surface area contributed by atoms with Crippen LogP contribution < -0.4 is 0 Å². The first-order valence-electron chi connectivity index (χ1n) is 7.12. The molecule has 21 heavy (non-hydrogen) atoms. The fourth-order valence-corrected chi connectivity index (χ4v) is 4.16. The number of fused-ring (bicyclic) bond motifs is 2. The highest BCUT2D eigenvalue weighted by atomic mass is 16.6. The lowest BCUT2D eigenvalue weighted by atomic mass is 9.67. The molecule has 4 atom stereocenters. The minimum Gasteiger partial charge on any atom is -0.498 e. The van der Waals surface area contributed by atoms with Crippen LogP contribution in [0.25, 0.3) is 0 Å². The highest BCUT2D eigenvalue weighted by Gasteiger charge is 2.68. The molecule has 0 aromatic carbocycles. The number of rotatable bonds is 2. The second-order valence-electron chi connectivity index (χ2n) is 6.21. The molecule has 1 aliphatic carbocycles. The Labute approximate surface area is 122 Å². The molecule has 1 spiro atoms. The molecule has 2 aliphatic heterocycles. The van der Waals surface area contributed by atoms with E-state index >= 15 is 0 Å². The monoisotopic (exact) mass is 290 g/mol. The van der Waals surface area contributed by atoms with E-state index in [0.29, 0.717) is 22.8 Å². The maximum absolute atomic E-state index is 13.1. The second kappa shape index (κ2) is 3.96. The lowest BCUT2D eigenvalue weighted by Crippen LogP contribution is -2.53. The minimum absolute atomic E-state index is 0.00944. The van der Waals surface area contributed by atoms with Gasteiger partial charge in [-0.2, -0.15) is 0 Å². The van der Waals surface area contributed by atoms with Gasteiger partial charge in [-0.15, -0.1) is 0 Å². The summed E-state index contributed by atoms with van der Waals surface area (Å²) in [7, 11) is 5.56. The number of ketones is 1. The maximum atomic E-state index is 13.1. The number of nitrogens with zero attached hydrogens (tertiary/aromatic N) is 2. The first-order valence-corrected chi connectivity index (χ1v) is 7.12. The Balaban J connectivity index is 1.97. The molecule has 4 rings (SSSR count). The minimum atomic E-state index is -1.00. The molecule has 0 radical (unpaired) electrons. The second-order valence-corrected chi connectivity index (χ2v) is 6.21. The number of methoxy groups -OCH3 is 1. The third kappa shape index (κ3) is 1.34. The van der Waals surface area contributed by atoms with E-state index in [0.717, 1.165) is 6.42 Å². The van der Waals surface area contributed by atoms with Crippen LogP contribution in [0.1, 0.15) is 34.3 Å². The Hall–Kier alpha value is -1.66. The van der Waals surface area contributed by atoms with Gasteiger partial charge in [0.25, 0.3) is 0 Å². The summed E-state index contributed by atoms with van der Waals surface area (Å²) in [6, 6.07) is -0.0391. The lowest BCUT2D eigenvalue weighted by molar-refractivity contribution is -0.0309. The van der Waals surface area contributed by atoms with Gasteiger partial charge in [0.05, 0.1) is 30.5 Å². The molecule has 6 heteroatoms. The van der Waals surface area contributed by atoms with Gasteiger partial charge in [-0.1, -0.05) is 5.16 Å². The van der Waals surface area contributed by atoms with Crippen LogP contribution in [-0.2, 0) is 9.47 Å². The molecule has 0 N–H and O–H groups in total. The Morgan fingerprint density at radius 3 is 2.90 bits per heavy atom. The number of aromatic nitrogens is 1. The van der Waals surface area contributed by atoms with Gasteiger partial charge >= 0.3 is 0 Å². The quantitative estimate of drug-likeness (QED) is 0.822. The number of aryl methyl sites for hydroxylation is 1. The van der Waals surface area contributed by atoms with E-state index in [4.69, 9.17) is 14.0 Å². The predicted octanol–water partition coefficient (Wildman–Crippen LogP) is 1.47. The Bertz CT molecular complexity index is 663. The Morgan fingerprint density at radius 1 is 1.48 bits per heavy atom. The average Bonchev–Trinajstić information content (AvgIpc) is 3.09. The first-order chi connectivity index (χ1) is 10.0. The SMILES string of the molecule is COC1=C[C@@H]2C[C@H]3[C@H](N(C)C)c4onc(C)c4C(=O)[C@@]13O2. The van der Waals surface area contributed by atoms with Crippen molar-refractivity contribution >= 4 is 5.78 Å². The van der Waals surface area contributed by atoms with Gasteiger partial charge in [-0.3, -0.25) is 9.69 Å². The van der Waals surface area contributed by atoms with E-state index in [1.54, 1.807) is 14.0 Å². The number of ether oxygens (including phenoxy) is 2. The number of hydrogen-bond donors (Lipinski definition) is 0. The van der Waals surface area contributed by atoms with Crippen molar-refractivity contribution in [2.24, 2.45) is 5.92 Å². The summed E-state index contributed by atoms with van der Waals surface area (Å²) in [5.41, 5.74) is 0.164. The van der Waals surface area contributed by atoms with Gasteiger partial charge in [0.1, 0.15) is 5.76 Å². The zero-order chi connectivity index (χ0) is 14.9. The van der Waals surface area contributed by atoms with E-state index in [1.165, 1.54) is 0 Å². The van der Waals surface area contributed by atoms with Gasteiger partial charge in [0.2, 0.25) is 5.78 Å². The summed E-state index contributed by atoms with van der Waals surface area (Å²) in [6.07, 6.45) is 2.66. The smallest absolute Gasteiger partial charge is 0.208 e. The molecule has 1 aromatic heterocycles. The molecule has 1 aromatic rings. The van der Waals surface area contributed by atoms with Crippen LogP contribution in [0.15, 0.2) is 16.4 Å². The van der Waals surface area contributed by atoms with Crippen LogP contribution in [0.5, 0.6) is 0 Å². The van der Waals surface area contributed by atoms with Crippen molar-refractivity contribution in [2.75, 3.05) is 21.2 Å². The molecule has 2 bridgehead atoms. The molecule has 112 valence electrons. The summed E-state index contributed by atoms with van der Waals surface area (Å²) in [5, 5.41) is 4.00. The average molecular weight is 290 g/mol. The van der Waals surface area contributed by atoms with Crippen molar-refractivity contribution in [3.63, 3.8) is 0 Å². The fourth-order valence-electron chi connectivity index (χ4n) is 4.16. The van der Waals surface area contributed by atoms with Crippen LogP contribution >= 0.6 is 0 Å². The highest BCUT2D eigenvalue weighted by Crippen LogP contribution is 2.58. The summed E-state index contributed by atoms with van der Waals surface area (Å²) in [4.78, 5) is 15.2. The van der Waals surface area contributed by atoms with Crippen LogP contribution in [0.2, 0.25) is 0 Å². The van der Waals surface area contributed by atoms with Gasteiger partial charge in [-0.05, 0) is 33.5 Å². The van der Waals surface area contributed by atoms with E-state index in [-0.39, 0.29) is 23.8 Å². The third-order valence-corrected chi connectivity index (χ3v) is 4.93. The molecule has 0 unspecified atom stereocenters. The van der Waals surface area contributed by atoms with Crippen LogP contribution in [0.3, 0.4) is 0 Å². The molecular formula is C15H18N2O4. The number of carbonyl (C=O) groups is 1. The molecule has 1 fully saturated rings. The normalized spacial score (nSPS) is 36.7. The van der Waals surface area contributed by atoms with Crippen molar-refractivity contribution in [3.8, 4) is 0 Å². The van der Waals surface area contributed by atoms with E-state index in [9.17, 15) is 4.79 Å². The zero-order valence-corrected chi connectivity index (χ0v) is 12.5. The highest BCUT2D eigenvalue weighted by molar-refractivity contribution is 6.08. The third-order valence-electron chi connectivity index (χ3n) is 4.93. The number of Topliss-reactive ketones (excluding diaryl/α,β-unsaturated/α-hetero) is 1. The van der Waals surface area contributed by atoms with Gasteiger partial charge < -0.3 is 14.0 Å². The van der Waals surface area contributed by atoms with Gasteiger partial charge in [0.15, 0.2) is 11.4 Å². The van der Waals surface area contributed by atoms with Crippen LogP contribution in [0, 0.1) is 12.8 Å². The molecular weight excluding hydrogens is 272 g/mol. The van der Waals surface area contributed by atoms with Crippen molar-refractivity contribution < 1.29 is 18.8 Å². The topological polar surface area (TPSA) is 64.8 Å². The first kappa shape index (κ1) is 13.0. The molecule has 3 heterocycles. The predicted molar refractivity (Wildman–Crippen MR) is 72.8 cm³/mol. The summed E-state index contributed by atoms with van der Waals surface area (Å²) in [6.45, 7) is 1.79. The largest absolute Gasteiger partial charge is 0.498 e. The van der Waals surface area contributed by atoms with Gasteiger partial charge in [0, 0.05) is 5.92 Å². The Morgan fingerprint density at radius 2 is 2.24 bits per heavy atom. The summed E-state index contributed by atoms with van der Waals surface area (Å²) in [5.74, 6) is 1.20. The van der Waals surface area contributed by atoms with E-state index in [1.807, 2.05) is 20.2 Å². The molecule has 0 saturated carbocycles. The van der Waals surface area contributed by atoms with Crippen molar-refractivity contribution in [2.45, 2.75) is 31.1 Å². The molecule has 1 saturated heterocycles. The van der Waals surface area contributed by atoms with Crippen molar-refractivity contribution in [1.29, 1.82) is 0 Å². The van der Waals surface area contributed by atoms with Crippen molar-refractivity contribution in [3.05, 3.63) is 28.9 Å². The summed E-state index contributed by atoms with van der Waals surface area (Å²) >= 11 is 0. The lowest BCUT2D eigenvalue weighted by Gasteiger charge is -2.42. The molecule has 0 amide bonds. The maximum Gasteiger partial charge on any atom is 0.208 e. The fraction of sp³-hybridized carbons (Fsp3) is 0.600. The Kier molecular flexibility index (Phi) is 2.45. The molecule has 3 aliphatic rings. The van der Waals surface area contributed by atoms with E-state index < -0.39 is 5.60 Å². The standard InChI is InChI=1S/C15H18N2O4/c1-7-11-13(21-16-7)12(17(2)3)9-5-8-6-10(19-4)15(9,20-8)14(11)18/h6,8-9,12H,5H2,1-4H3/t8-,9-,12-,15-/m0/s1. The molecule has 6 nitrogen and oxygen atoms in total. The van der Waals surface area contributed by atoms with Gasteiger partial charge in [-0.25, -0.2) is 0 Å². The van der Waals surface area contributed by atoms with Crippen molar-refractivity contribution in [1.82, 2.24) is 10.1 Å². The summed E-state index contributed by atoms with van der Waals surface area (Å²) < 4.78 is 17.0. The zero-order valence-electron chi connectivity index (χ0n) is 12.5. The van der Waals surface area contributed by atoms with Crippen LogP contribution in [0.4, 0.5) is 0 Å².